The van der Waals surface area contributed by atoms with Gasteiger partial charge in [-0.3, -0.25) is 0 Å². The van der Waals surface area contributed by atoms with Crippen molar-refractivity contribution in [1.29, 1.82) is 0 Å². The molecule has 0 amide bonds. The van der Waals surface area contributed by atoms with E-state index >= 15 is 0 Å². The van der Waals surface area contributed by atoms with Gasteiger partial charge in [0.05, 0.1) is 13.7 Å². The minimum atomic E-state index is 0.382. The van der Waals surface area contributed by atoms with Gasteiger partial charge in [-0.05, 0) is 31.2 Å². The number of nitrogens with zero attached hydrogens (tertiary/aromatic N) is 2. The van der Waals surface area contributed by atoms with E-state index in [1.54, 1.807) is 19.4 Å². The van der Waals surface area contributed by atoms with Gasteiger partial charge in [-0.15, -0.1) is 0 Å². The van der Waals surface area contributed by atoms with Crippen LogP contribution in [0.15, 0.2) is 12.3 Å². The standard InChI is InChI=1S/C12H19N3O2/c1-16-11-5-6-14-12(15-11)17-8-10-4-2-3-9(10)7-13/h5-6,9-10H,2-4,7-8,13H2,1H3. The highest BCUT2D eigenvalue weighted by Crippen LogP contribution is 2.31. The summed E-state index contributed by atoms with van der Waals surface area (Å²) in [5, 5.41) is 0. The van der Waals surface area contributed by atoms with E-state index < -0.39 is 0 Å². The number of hydrogen-bond acceptors (Lipinski definition) is 5. The first kappa shape index (κ1) is 12.1. The lowest BCUT2D eigenvalue weighted by Crippen LogP contribution is -2.23. The Morgan fingerprint density at radius 3 is 3.00 bits per heavy atom. The summed E-state index contributed by atoms with van der Waals surface area (Å²) in [4.78, 5) is 8.17. The summed E-state index contributed by atoms with van der Waals surface area (Å²) in [5.41, 5.74) is 5.73. The third-order valence-electron chi connectivity index (χ3n) is 3.36. The second-order valence-electron chi connectivity index (χ2n) is 4.38. The Hall–Kier alpha value is -1.36. The van der Waals surface area contributed by atoms with Gasteiger partial charge in [-0.1, -0.05) is 6.42 Å². The second kappa shape index (κ2) is 5.82. The first-order chi connectivity index (χ1) is 8.33. The van der Waals surface area contributed by atoms with E-state index in [1.807, 2.05) is 0 Å². The zero-order valence-corrected chi connectivity index (χ0v) is 10.1. The van der Waals surface area contributed by atoms with E-state index in [2.05, 4.69) is 9.97 Å². The molecule has 5 nitrogen and oxygen atoms in total. The molecule has 1 aliphatic carbocycles. The molecule has 2 N–H and O–H groups in total. The molecule has 2 atom stereocenters. The summed E-state index contributed by atoms with van der Waals surface area (Å²) in [6.45, 7) is 1.39. The van der Waals surface area contributed by atoms with Crippen LogP contribution in [0.2, 0.25) is 0 Å². The molecule has 1 saturated carbocycles. The summed E-state index contributed by atoms with van der Waals surface area (Å²) in [5.74, 6) is 1.65. The van der Waals surface area contributed by atoms with Crippen molar-refractivity contribution in [3.63, 3.8) is 0 Å². The largest absolute Gasteiger partial charge is 0.481 e. The summed E-state index contributed by atoms with van der Waals surface area (Å²) in [7, 11) is 1.58. The molecular formula is C12H19N3O2. The van der Waals surface area contributed by atoms with Gasteiger partial charge in [0.2, 0.25) is 5.88 Å². The van der Waals surface area contributed by atoms with Gasteiger partial charge >= 0.3 is 6.01 Å². The predicted octanol–water partition coefficient (Wildman–Crippen LogP) is 1.24. The number of rotatable bonds is 5. The number of methoxy groups -OCH3 is 1. The van der Waals surface area contributed by atoms with Gasteiger partial charge < -0.3 is 15.2 Å². The molecule has 0 saturated heterocycles. The van der Waals surface area contributed by atoms with Crippen LogP contribution < -0.4 is 15.2 Å². The van der Waals surface area contributed by atoms with Crippen LogP contribution in [0, 0.1) is 11.8 Å². The Morgan fingerprint density at radius 2 is 2.24 bits per heavy atom. The van der Waals surface area contributed by atoms with Crippen molar-refractivity contribution in [2.24, 2.45) is 17.6 Å². The van der Waals surface area contributed by atoms with Crippen molar-refractivity contribution >= 4 is 0 Å². The maximum absolute atomic E-state index is 5.73. The van der Waals surface area contributed by atoms with Crippen LogP contribution in [0.1, 0.15) is 19.3 Å². The van der Waals surface area contributed by atoms with E-state index in [0.29, 0.717) is 30.3 Å². The summed E-state index contributed by atoms with van der Waals surface area (Å²) in [6.07, 6.45) is 5.28. The Labute approximate surface area is 101 Å². The highest BCUT2D eigenvalue weighted by molar-refractivity contribution is 5.10. The molecule has 0 aliphatic heterocycles. The number of nitrogens with two attached hydrogens (primary N) is 1. The molecule has 0 bridgehead atoms. The van der Waals surface area contributed by atoms with Gasteiger partial charge in [0.1, 0.15) is 0 Å². The second-order valence-corrected chi connectivity index (χ2v) is 4.38. The Balaban J connectivity index is 1.88. The predicted molar refractivity (Wildman–Crippen MR) is 64.0 cm³/mol. The highest BCUT2D eigenvalue weighted by atomic mass is 16.5. The average molecular weight is 237 g/mol. The smallest absolute Gasteiger partial charge is 0.319 e. The number of hydrogen-bond donors (Lipinski definition) is 1. The van der Waals surface area contributed by atoms with E-state index in [9.17, 15) is 0 Å². The molecule has 17 heavy (non-hydrogen) atoms. The lowest BCUT2D eigenvalue weighted by Gasteiger charge is -2.17. The Kier molecular flexibility index (Phi) is 4.14. The molecular weight excluding hydrogens is 218 g/mol. The maximum atomic E-state index is 5.73. The van der Waals surface area contributed by atoms with E-state index in [4.69, 9.17) is 15.2 Å². The van der Waals surface area contributed by atoms with Crippen LogP contribution >= 0.6 is 0 Å². The first-order valence-corrected chi connectivity index (χ1v) is 6.03. The van der Waals surface area contributed by atoms with Gasteiger partial charge in [-0.2, -0.15) is 4.98 Å². The molecule has 5 heteroatoms. The zero-order valence-electron chi connectivity index (χ0n) is 10.1. The molecule has 94 valence electrons. The minimum Gasteiger partial charge on any atom is -0.481 e. The summed E-state index contributed by atoms with van der Waals surface area (Å²) >= 11 is 0. The van der Waals surface area contributed by atoms with Crippen LogP contribution in [-0.2, 0) is 0 Å². The van der Waals surface area contributed by atoms with E-state index in [0.717, 1.165) is 6.54 Å². The van der Waals surface area contributed by atoms with Crippen LogP contribution in [-0.4, -0.2) is 30.2 Å². The highest BCUT2D eigenvalue weighted by Gasteiger charge is 2.26. The molecule has 0 radical (unpaired) electrons. The van der Waals surface area contributed by atoms with Crippen molar-refractivity contribution in [2.45, 2.75) is 19.3 Å². The van der Waals surface area contributed by atoms with Gasteiger partial charge in [-0.25, -0.2) is 4.98 Å². The van der Waals surface area contributed by atoms with Gasteiger partial charge in [0, 0.05) is 12.3 Å². The van der Waals surface area contributed by atoms with E-state index in [-0.39, 0.29) is 0 Å². The topological polar surface area (TPSA) is 70.3 Å². The molecule has 1 aliphatic rings. The fourth-order valence-corrected chi connectivity index (χ4v) is 2.33. The molecule has 2 rings (SSSR count). The molecule has 0 spiro atoms. The van der Waals surface area contributed by atoms with Crippen molar-refractivity contribution < 1.29 is 9.47 Å². The van der Waals surface area contributed by atoms with Crippen molar-refractivity contribution in [3.8, 4) is 11.9 Å². The fourth-order valence-electron chi connectivity index (χ4n) is 2.33. The molecule has 1 aromatic rings. The van der Waals surface area contributed by atoms with Crippen LogP contribution in [0.4, 0.5) is 0 Å². The SMILES string of the molecule is COc1ccnc(OCC2CCCC2CN)n1. The monoisotopic (exact) mass is 237 g/mol. The lowest BCUT2D eigenvalue weighted by atomic mass is 9.97. The Morgan fingerprint density at radius 1 is 1.41 bits per heavy atom. The Bertz CT molecular complexity index is 359. The van der Waals surface area contributed by atoms with Crippen molar-refractivity contribution in [2.75, 3.05) is 20.3 Å². The quantitative estimate of drug-likeness (QED) is 0.834. The lowest BCUT2D eigenvalue weighted by molar-refractivity contribution is 0.201. The van der Waals surface area contributed by atoms with Gasteiger partial charge in [0.25, 0.3) is 0 Å². The number of aromatic nitrogens is 2. The van der Waals surface area contributed by atoms with Crippen LogP contribution in [0.3, 0.4) is 0 Å². The number of ether oxygens (including phenoxy) is 2. The molecule has 1 aromatic heterocycles. The van der Waals surface area contributed by atoms with E-state index in [1.165, 1.54) is 19.3 Å². The molecule has 1 fully saturated rings. The normalized spacial score (nSPS) is 23.6. The van der Waals surface area contributed by atoms with Crippen LogP contribution in [0.5, 0.6) is 11.9 Å². The molecule has 0 aromatic carbocycles. The maximum Gasteiger partial charge on any atom is 0.319 e. The summed E-state index contributed by atoms with van der Waals surface area (Å²) < 4.78 is 10.6. The van der Waals surface area contributed by atoms with Crippen LogP contribution in [0.25, 0.3) is 0 Å². The summed E-state index contributed by atoms with van der Waals surface area (Å²) in [6, 6.07) is 2.08. The zero-order chi connectivity index (χ0) is 12.1. The molecule has 1 heterocycles. The third-order valence-corrected chi connectivity index (χ3v) is 3.36. The fraction of sp³-hybridized carbons (Fsp3) is 0.667. The third kappa shape index (κ3) is 3.06. The first-order valence-electron chi connectivity index (χ1n) is 6.03. The van der Waals surface area contributed by atoms with Crippen molar-refractivity contribution in [1.82, 2.24) is 9.97 Å². The average Bonchev–Trinajstić information content (AvgIpc) is 2.84. The minimum absolute atomic E-state index is 0.382. The molecule has 2 unspecified atom stereocenters. The van der Waals surface area contributed by atoms with Gasteiger partial charge in [0.15, 0.2) is 0 Å². The van der Waals surface area contributed by atoms with Crippen molar-refractivity contribution in [3.05, 3.63) is 12.3 Å².